The molecule has 0 saturated heterocycles. The molecule has 2 rings (SSSR count). The highest BCUT2D eigenvalue weighted by Crippen LogP contribution is 2.24. The van der Waals surface area contributed by atoms with Crippen molar-refractivity contribution < 1.29 is 14.3 Å². The Morgan fingerprint density at radius 2 is 2.00 bits per heavy atom. The van der Waals surface area contributed by atoms with Crippen LogP contribution in [-0.2, 0) is 4.74 Å². The fraction of sp³-hybridized carbons (Fsp3) is 0.222. The van der Waals surface area contributed by atoms with E-state index in [2.05, 4.69) is 26.6 Å². The minimum absolute atomic E-state index is 0.170. The number of aryl methyl sites for hydroxylation is 1. The number of hydrogen-bond donors (Lipinski definition) is 2. The minimum atomic E-state index is -0.379. The first kappa shape index (κ1) is 20.6. The van der Waals surface area contributed by atoms with E-state index in [9.17, 15) is 4.79 Å². The molecular weight excluding hydrogens is 440 g/mol. The summed E-state index contributed by atoms with van der Waals surface area (Å²) in [7, 11) is 1.58. The Balaban J connectivity index is 2.09. The molecule has 0 atom stereocenters. The Hall–Kier alpha value is -1.67. The average Bonchev–Trinajstić information content (AvgIpc) is 2.59. The number of methoxy groups -OCH3 is 1. The maximum atomic E-state index is 12.6. The first-order chi connectivity index (χ1) is 12.4. The average molecular weight is 458 g/mol. The molecule has 2 N–H and O–H groups in total. The second-order valence-corrected chi connectivity index (χ2v) is 7.11. The first-order valence-electron chi connectivity index (χ1n) is 7.70. The number of nitrogens with one attached hydrogen (secondary N) is 2. The zero-order valence-electron chi connectivity index (χ0n) is 14.3. The predicted octanol–water partition coefficient (Wildman–Crippen LogP) is 4.56. The standard InChI is InChI=1S/C18H18BrClN2O3S/c1-11-3-5-13(20)10-15(11)21-18(26)22-17(23)14-9-12(19)4-6-16(14)25-8-7-24-2/h3-6,9-10H,7-8H2,1-2H3,(H2,21,22,23,26). The molecule has 0 saturated carbocycles. The van der Waals surface area contributed by atoms with E-state index in [-0.39, 0.29) is 11.0 Å². The Kier molecular flexibility index (Phi) is 7.84. The van der Waals surface area contributed by atoms with Gasteiger partial charge in [-0.2, -0.15) is 0 Å². The second kappa shape index (κ2) is 9.87. The lowest BCUT2D eigenvalue weighted by atomic mass is 10.2. The van der Waals surface area contributed by atoms with Crippen molar-refractivity contribution in [1.29, 1.82) is 0 Å². The number of benzene rings is 2. The summed E-state index contributed by atoms with van der Waals surface area (Å²) in [6.07, 6.45) is 0. The highest BCUT2D eigenvalue weighted by atomic mass is 79.9. The van der Waals surface area contributed by atoms with Crippen molar-refractivity contribution in [3.05, 3.63) is 57.0 Å². The van der Waals surface area contributed by atoms with Crippen LogP contribution in [0.3, 0.4) is 0 Å². The van der Waals surface area contributed by atoms with Crippen molar-refractivity contribution in [2.24, 2.45) is 0 Å². The SMILES string of the molecule is COCCOc1ccc(Br)cc1C(=O)NC(=S)Nc1cc(Cl)ccc1C. The number of anilines is 1. The first-order valence-corrected chi connectivity index (χ1v) is 9.28. The summed E-state index contributed by atoms with van der Waals surface area (Å²) in [6, 6.07) is 10.6. The van der Waals surface area contributed by atoms with Crippen molar-refractivity contribution >= 4 is 56.5 Å². The number of halogens is 2. The molecule has 0 heterocycles. The van der Waals surface area contributed by atoms with Crippen LogP contribution in [-0.4, -0.2) is 31.3 Å². The summed E-state index contributed by atoms with van der Waals surface area (Å²) in [5.74, 6) is 0.0698. The minimum Gasteiger partial charge on any atom is -0.490 e. The molecular formula is C18H18BrClN2O3S. The van der Waals surface area contributed by atoms with Gasteiger partial charge in [0.15, 0.2) is 5.11 Å². The van der Waals surface area contributed by atoms with E-state index >= 15 is 0 Å². The fourth-order valence-corrected chi connectivity index (χ4v) is 2.83. The third-order valence-electron chi connectivity index (χ3n) is 3.41. The highest BCUT2D eigenvalue weighted by molar-refractivity contribution is 9.10. The maximum Gasteiger partial charge on any atom is 0.261 e. The Labute approximate surface area is 171 Å². The third kappa shape index (κ3) is 5.95. The van der Waals surface area contributed by atoms with Gasteiger partial charge in [0.25, 0.3) is 5.91 Å². The van der Waals surface area contributed by atoms with Crippen LogP contribution < -0.4 is 15.4 Å². The lowest BCUT2D eigenvalue weighted by Gasteiger charge is -2.14. The van der Waals surface area contributed by atoms with Gasteiger partial charge >= 0.3 is 0 Å². The lowest BCUT2D eigenvalue weighted by molar-refractivity contribution is 0.0969. The Bertz CT molecular complexity index is 817. The fourth-order valence-electron chi connectivity index (χ4n) is 2.09. The molecule has 0 aromatic heterocycles. The topological polar surface area (TPSA) is 59.6 Å². The van der Waals surface area contributed by atoms with Crippen molar-refractivity contribution in [3.8, 4) is 5.75 Å². The van der Waals surface area contributed by atoms with Gasteiger partial charge in [0.2, 0.25) is 0 Å². The lowest BCUT2D eigenvalue weighted by Crippen LogP contribution is -2.34. The van der Waals surface area contributed by atoms with Crippen molar-refractivity contribution in [2.75, 3.05) is 25.6 Å². The van der Waals surface area contributed by atoms with Crippen molar-refractivity contribution in [1.82, 2.24) is 5.32 Å². The number of amides is 1. The molecule has 5 nitrogen and oxygen atoms in total. The molecule has 138 valence electrons. The zero-order valence-corrected chi connectivity index (χ0v) is 17.4. The Morgan fingerprint density at radius 3 is 2.73 bits per heavy atom. The number of hydrogen-bond acceptors (Lipinski definition) is 4. The quantitative estimate of drug-likeness (QED) is 0.492. The van der Waals surface area contributed by atoms with Crippen LogP contribution in [0.1, 0.15) is 15.9 Å². The van der Waals surface area contributed by atoms with E-state index in [1.54, 1.807) is 37.4 Å². The van der Waals surface area contributed by atoms with Gasteiger partial charge < -0.3 is 14.8 Å². The molecule has 0 aliphatic carbocycles. The van der Waals surface area contributed by atoms with E-state index in [1.165, 1.54) is 0 Å². The second-order valence-electron chi connectivity index (χ2n) is 5.35. The summed E-state index contributed by atoms with van der Waals surface area (Å²) in [5, 5.41) is 6.38. The zero-order chi connectivity index (χ0) is 19.1. The number of ether oxygens (including phenoxy) is 2. The van der Waals surface area contributed by atoms with E-state index in [4.69, 9.17) is 33.3 Å². The molecule has 2 aromatic carbocycles. The van der Waals surface area contributed by atoms with Gasteiger partial charge in [-0.25, -0.2) is 0 Å². The predicted molar refractivity (Wildman–Crippen MR) is 111 cm³/mol. The van der Waals surface area contributed by atoms with E-state index in [0.717, 1.165) is 15.7 Å². The van der Waals surface area contributed by atoms with Gasteiger partial charge in [-0.1, -0.05) is 33.6 Å². The van der Waals surface area contributed by atoms with Crippen LogP contribution >= 0.6 is 39.7 Å². The molecule has 0 radical (unpaired) electrons. The summed E-state index contributed by atoms with van der Waals surface area (Å²) in [4.78, 5) is 12.6. The Morgan fingerprint density at radius 1 is 1.23 bits per heavy atom. The molecule has 2 aromatic rings. The molecule has 8 heteroatoms. The largest absolute Gasteiger partial charge is 0.490 e. The molecule has 0 aliphatic rings. The summed E-state index contributed by atoms with van der Waals surface area (Å²) in [6.45, 7) is 2.67. The molecule has 0 aliphatic heterocycles. The van der Waals surface area contributed by atoms with E-state index in [1.807, 2.05) is 13.0 Å². The number of rotatable bonds is 6. The number of carbonyl (C=O) groups is 1. The number of carbonyl (C=O) groups excluding carboxylic acids is 1. The van der Waals surface area contributed by atoms with Gasteiger partial charge in [0, 0.05) is 22.3 Å². The summed E-state index contributed by atoms with van der Waals surface area (Å²) >= 11 is 14.6. The molecule has 0 fully saturated rings. The van der Waals surface area contributed by atoms with Gasteiger partial charge in [0.05, 0.1) is 12.2 Å². The van der Waals surface area contributed by atoms with Crippen LogP contribution in [0.15, 0.2) is 40.9 Å². The van der Waals surface area contributed by atoms with Gasteiger partial charge in [-0.15, -0.1) is 0 Å². The third-order valence-corrected chi connectivity index (χ3v) is 4.34. The molecule has 26 heavy (non-hydrogen) atoms. The van der Waals surface area contributed by atoms with E-state index in [0.29, 0.717) is 29.5 Å². The monoisotopic (exact) mass is 456 g/mol. The number of thiocarbonyl (C=S) groups is 1. The summed E-state index contributed by atoms with van der Waals surface area (Å²) < 4.78 is 11.3. The van der Waals surface area contributed by atoms with Crippen LogP contribution in [0, 0.1) is 6.92 Å². The maximum absolute atomic E-state index is 12.6. The highest BCUT2D eigenvalue weighted by Gasteiger charge is 2.15. The van der Waals surface area contributed by atoms with Crippen molar-refractivity contribution in [3.63, 3.8) is 0 Å². The van der Waals surface area contributed by atoms with Crippen LogP contribution in [0.2, 0.25) is 5.02 Å². The molecule has 0 bridgehead atoms. The normalized spacial score (nSPS) is 10.3. The molecule has 0 spiro atoms. The van der Waals surface area contributed by atoms with Crippen LogP contribution in [0.4, 0.5) is 5.69 Å². The smallest absolute Gasteiger partial charge is 0.261 e. The van der Waals surface area contributed by atoms with E-state index < -0.39 is 0 Å². The summed E-state index contributed by atoms with van der Waals surface area (Å²) in [5.41, 5.74) is 2.05. The van der Waals surface area contributed by atoms with Gasteiger partial charge in [-0.3, -0.25) is 10.1 Å². The van der Waals surface area contributed by atoms with Crippen LogP contribution in [0.5, 0.6) is 5.75 Å². The van der Waals surface area contributed by atoms with Gasteiger partial charge in [-0.05, 0) is 55.0 Å². The van der Waals surface area contributed by atoms with Gasteiger partial charge in [0.1, 0.15) is 12.4 Å². The molecule has 1 amide bonds. The van der Waals surface area contributed by atoms with Crippen LogP contribution in [0.25, 0.3) is 0 Å². The molecule has 0 unspecified atom stereocenters. The van der Waals surface area contributed by atoms with Crippen molar-refractivity contribution in [2.45, 2.75) is 6.92 Å².